The van der Waals surface area contributed by atoms with Gasteiger partial charge < -0.3 is 9.11 Å². The van der Waals surface area contributed by atoms with Crippen LogP contribution in [0.5, 0.6) is 0 Å². The Balaban J connectivity index is 0.000000573. The maximum absolute atomic E-state index is 11.8. The summed E-state index contributed by atoms with van der Waals surface area (Å²) in [6.07, 6.45) is 67.8. The molecule has 0 aromatic heterocycles. The Hall–Kier alpha value is -1.52. The zero-order valence-electron chi connectivity index (χ0n) is 55.5. The van der Waals surface area contributed by atoms with Gasteiger partial charge in [-0.15, -0.1) is 0 Å². The first kappa shape index (κ1) is 79.6. The van der Waals surface area contributed by atoms with E-state index in [4.69, 9.17) is 0 Å². The van der Waals surface area contributed by atoms with Gasteiger partial charge in [0.2, 0.25) is 0 Å². The molecular formula is C76H126CaO6S2. The summed E-state index contributed by atoms with van der Waals surface area (Å²) in [5.41, 5.74) is 4.93. The molecule has 85 heavy (non-hydrogen) atoms. The minimum absolute atomic E-state index is 0. The Morgan fingerprint density at radius 1 is 0.235 bits per heavy atom. The van der Waals surface area contributed by atoms with Gasteiger partial charge in [0.05, 0.1) is 9.79 Å². The Kier molecular flexibility index (Phi) is 48.8. The fraction of sp³-hybridized carbons (Fsp3) is 0.737. The molecule has 0 saturated heterocycles. The third kappa shape index (κ3) is 38.1. The summed E-state index contributed by atoms with van der Waals surface area (Å²) >= 11 is 0. The van der Waals surface area contributed by atoms with Crippen molar-refractivity contribution in [1.29, 1.82) is 0 Å². The van der Waals surface area contributed by atoms with Crippen LogP contribution in [-0.4, -0.2) is 63.7 Å². The number of rotatable bonds is 54. The van der Waals surface area contributed by atoms with E-state index in [9.17, 15) is 25.9 Å². The predicted molar refractivity (Wildman–Crippen MR) is 369 cm³/mol. The van der Waals surface area contributed by atoms with Crippen molar-refractivity contribution in [2.24, 2.45) is 0 Å². The van der Waals surface area contributed by atoms with Crippen molar-refractivity contribution < 1.29 is 25.9 Å². The van der Waals surface area contributed by atoms with Gasteiger partial charge in [0, 0.05) is 0 Å². The molecule has 6 nitrogen and oxygen atoms in total. The molecule has 0 N–H and O–H groups in total. The average Bonchev–Trinajstić information content (AvgIpc) is 2.03. The summed E-state index contributed by atoms with van der Waals surface area (Å²) in [6.45, 7) is 9.09. The van der Waals surface area contributed by atoms with Crippen molar-refractivity contribution in [1.82, 2.24) is 0 Å². The summed E-state index contributed by atoms with van der Waals surface area (Å²) in [5.74, 6) is 0. The van der Waals surface area contributed by atoms with Gasteiger partial charge in [0.25, 0.3) is 0 Å². The molecule has 0 fully saturated rings. The van der Waals surface area contributed by atoms with Crippen LogP contribution >= 0.6 is 0 Å². The Morgan fingerprint density at radius 2 is 0.400 bits per heavy atom. The van der Waals surface area contributed by atoms with Crippen molar-refractivity contribution in [3.8, 4) is 0 Å². The molecule has 0 heterocycles. The van der Waals surface area contributed by atoms with Crippen molar-refractivity contribution in [2.75, 3.05) is 0 Å². The second kappa shape index (κ2) is 52.1. The van der Waals surface area contributed by atoms with Crippen LogP contribution in [0.1, 0.15) is 358 Å². The molecule has 0 aliphatic heterocycles. The molecule has 0 bridgehead atoms. The molecule has 0 radical (unpaired) electrons. The van der Waals surface area contributed by atoms with E-state index >= 15 is 0 Å². The standard InChI is InChI=1S/2C38H64O3S.Ca/c2*1-3-5-7-9-11-13-15-17-19-21-23-25-27-34-29-30-35(38-33-36(42(39,40)41)31-32-37(34)38)28-26-24-22-20-18-16-14-12-10-8-6-4-2;/h2*29-33H,3-28H2,1-2H3,(H,39,40,41);/q;;+2/p-2. The second-order valence-electron chi connectivity index (χ2n) is 25.6. The molecular weight excluding hydrogens is 1110 g/mol. The molecule has 0 amide bonds. The monoisotopic (exact) mass is 1240 g/mol. The minimum Gasteiger partial charge on any atom is -0.744 e. The smallest absolute Gasteiger partial charge is 0.744 e. The van der Waals surface area contributed by atoms with Gasteiger partial charge in [-0.05, 0) is 119 Å². The van der Waals surface area contributed by atoms with Gasteiger partial charge in [-0.25, -0.2) is 16.8 Å². The van der Waals surface area contributed by atoms with Gasteiger partial charge in [0.1, 0.15) is 20.2 Å². The van der Waals surface area contributed by atoms with Crippen LogP contribution in [0.3, 0.4) is 0 Å². The van der Waals surface area contributed by atoms with Crippen LogP contribution in [0.25, 0.3) is 21.5 Å². The SMILES string of the molecule is CCCCCCCCCCCCCCc1ccc(CCCCCCCCCCCCCC)c2cc(S(=O)(=O)[O-])ccc12.CCCCCCCCCCCCCCc1ccc(CCCCCCCCCCCCCC)c2cc(S(=O)(=O)[O-])ccc12.[Ca+2]. The topological polar surface area (TPSA) is 114 Å². The third-order valence-electron chi connectivity index (χ3n) is 18.1. The van der Waals surface area contributed by atoms with Crippen LogP contribution < -0.4 is 0 Å². The quantitative estimate of drug-likeness (QED) is 0.0247. The minimum atomic E-state index is -4.46. The Bertz CT molecular complexity index is 2300. The molecule has 480 valence electrons. The first-order chi connectivity index (χ1) is 40.9. The molecule has 0 aliphatic rings. The summed E-state index contributed by atoms with van der Waals surface area (Å²) in [4.78, 5) is -0.207. The maximum atomic E-state index is 11.8. The summed E-state index contributed by atoms with van der Waals surface area (Å²) in [7, 11) is -8.92. The van der Waals surface area contributed by atoms with Gasteiger partial charge in [-0.3, -0.25) is 0 Å². The molecule has 9 heteroatoms. The normalized spacial score (nSPS) is 11.8. The second-order valence-corrected chi connectivity index (χ2v) is 28.4. The van der Waals surface area contributed by atoms with Crippen molar-refractivity contribution in [3.63, 3.8) is 0 Å². The Labute approximate surface area is 555 Å². The van der Waals surface area contributed by atoms with Crippen molar-refractivity contribution in [2.45, 2.75) is 371 Å². The predicted octanol–water partition coefficient (Wildman–Crippen LogP) is 24.1. The van der Waals surface area contributed by atoms with E-state index < -0.39 is 20.2 Å². The number of aryl methyl sites for hydroxylation is 4. The first-order valence-corrected chi connectivity index (χ1v) is 38.8. The molecule has 0 spiro atoms. The molecule has 4 aromatic rings. The van der Waals surface area contributed by atoms with Crippen LogP contribution in [-0.2, 0) is 45.9 Å². The molecule has 0 saturated carbocycles. The molecule has 0 atom stereocenters. The van der Waals surface area contributed by atoms with Gasteiger partial charge in [-0.1, -0.05) is 347 Å². The van der Waals surface area contributed by atoms with Crippen LogP contribution in [0.2, 0.25) is 0 Å². The van der Waals surface area contributed by atoms with Gasteiger partial charge in [0.15, 0.2) is 0 Å². The fourth-order valence-corrected chi connectivity index (χ4v) is 13.7. The Morgan fingerprint density at radius 3 is 0.576 bits per heavy atom. The van der Waals surface area contributed by atoms with Crippen molar-refractivity contribution >= 4 is 79.5 Å². The summed E-state index contributed by atoms with van der Waals surface area (Å²) in [6, 6.07) is 18.9. The maximum Gasteiger partial charge on any atom is 2.00 e. The number of fused-ring (bicyclic) bond motifs is 2. The van der Waals surface area contributed by atoms with Crippen LogP contribution in [0.15, 0.2) is 70.5 Å². The summed E-state index contributed by atoms with van der Waals surface area (Å²) < 4.78 is 70.7. The van der Waals surface area contributed by atoms with E-state index in [1.807, 2.05) is 12.1 Å². The third-order valence-corrected chi connectivity index (χ3v) is 19.8. The van der Waals surface area contributed by atoms with Gasteiger partial charge >= 0.3 is 37.7 Å². The molecule has 0 aliphatic carbocycles. The molecule has 0 unspecified atom stereocenters. The fourth-order valence-electron chi connectivity index (χ4n) is 12.7. The van der Waals surface area contributed by atoms with E-state index in [0.717, 1.165) is 72.9 Å². The average molecular weight is 1240 g/mol. The molecule has 4 aromatic carbocycles. The van der Waals surface area contributed by atoms with E-state index in [2.05, 4.69) is 52.0 Å². The number of unbranched alkanes of at least 4 members (excludes halogenated alkanes) is 44. The number of benzene rings is 4. The number of hydrogen-bond acceptors (Lipinski definition) is 6. The largest absolute Gasteiger partial charge is 2.00 e. The number of hydrogen-bond donors (Lipinski definition) is 0. The first-order valence-electron chi connectivity index (χ1n) is 35.9. The van der Waals surface area contributed by atoms with Gasteiger partial charge in [-0.2, -0.15) is 0 Å². The van der Waals surface area contributed by atoms with Crippen LogP contribution in [0.4, 0.5) is 0 Å². The van der Waals surface area contributed by atoms with E-state index in [-0.39, 0.29) is 47.5 Å². The van der Waals surface area contributed by atoms with E-state index in [1.165, 1.54) is 317 Å². The van der Waals surface area contributed by atoms with Crippen molar-refractivity contribution in [3.05, 3.63) is 82.9 Å². The molecule has 4 rings (SSSR count). The van der Waals surface area contributed by atoms with E-state index in [1.54, 1.807) is 12.1 Å². The van der Waals surface area contributed by atoms with Crippen LogP contribution in [0, 0.1) is 0 Å². The zero-order valence-corrected chi connectivity index (χ0v) is 59.4. The zero-order chi connectivity index (χ0) is 60.6. The summed E-state index contributed by atoms with van der Waals surface area (Å²) in [5, 5.41) is 4.18. The van der Waals surface area contributed by atoms with E-state index in [0.29, 0.717) is 0 Å².